The van der Waals surface area contributed by atoms with E-state index < -0.39 is 24.6 Å². The maximum atomic E-state index is 10.9. The Labute approximate surface area is 70.5 Å². The Balaban J connectivity index is 3.80. The Morgan fingerprint density at radius 1 is 1.50 bits per heavy atom. The lowest BCUT2D eigenvalue weighted by molar-refractivity contribution is -0.156. The van der Waals surface area contributed by atoms with Crippen LogP contribution in [0.1, 0.15) is 13.8 Å². The van der Waals surface area contributed by atoms with E-state index >= 15 is 0 Å². The predicted octanol–water partition coefficient (Wildman–Crippen LogP) is -0.402. The van der Waals surface area contributed by atoms with E-state index in [0.717, 1.165) is 0 Å². The number of hydrogen-bond acceptors (Lipinski definition) is 4. The van der Waals surface area contributed by atoms with Gasteiger partial charge in [0, 0.05) is 0 Å². The fourth-order valence-electron chi connectivity index (χ4n) is 0.501. The maximum Gasteiger partial charge on any atom is 0.341 e. The SMILES string of the molecule is CC(C)[C@H](N)C(=O)OCC(=O)O. The number of carbonyl (C=O) groups excluding carboxylic acids is 1. The van der Waals surface area contributed by atoms with Gasteiger partial charge < -0.3 is 15.6 Å². The number of aliphatic carboxylic acids is 1. The van der Waals surface area contributed by atoms with Gasteiger partial charge in [-0.05, 0) is 5.92 Å². The van der Waals surface area contributed by atoms with E-state index in [1.165, 1.54) is 0 Å². The molecule has 0 aromatic rings. The van der Waals surface area contributed by atoms with Crippen LogP contribution in [-0.4, -0.2) is 29.7 Å². The zero-order chi connectivity index (χ0) is 9.72. The van der Waals surface area contributed by atoms with Gasteiger partial charge in [0.15, 0.2) is 6.61 Å². The molecule has 0 heterocycles. The highest BCUT2D eigenvalue weighted by Crippen LogP contribution is 1.99. The van der Waals surface area contributed by atoms with E-state index in [0.29, 0.717) is 0 Å². The normalized spacial score (nSPS) is 12.7. The minimum Gasteiger partial charge on any atom is -0.479 e. The molecule has 0 saturated carbocycles. The molecule has 70 valence electrons. The zero-order valence-corrected chi connectivity index (χ0v) is 7.11. The van der Waals surface area contributed by atoms with Crippen LogP contribution in [0.4, 0.5) is 0 Å². The lowest BCUT2D eigenvalue weighted by Crippen LogP contribution is -2.37. The third-order valence-electron chi connectivity index (χ3n) is 1.33. The molecule has 0 rings (SSSR count). The van der Waals surface area contributed by atoms with E-state index in [2.05, 4.69) is 4.74 Å². The quantitative estimate of drug-likeness (QED) is 0.567. The molecular weight excluding hydrogens is 162 g/mol. The topological polar surface area (TPSA) is 89.6 Å². The van der Waals surface area contributed by atoms with E-state index in [1.807, 2.05) is 0 Å². The molecule has 0 aromatic heterocycles. The van der Waals surface area contributed by atoms with Crippen LogP contribution in [0, 0.1) is 5.92 Å². The molecule has 0 unspecified atom stereocenters. The van der Waals surface area contributed by atoms with Crippen molar-refractivity contribution in [1.29, 1.82) is 0 Å². The molecule has 0 bridgehead atoms. The van der Waals surface area contributed by atoms with Gasteiger partial charge in [-0.2, -0.15) is 0 Å². The fourth-order valence-corrected chi connectivity index (χ4v) is 0.501. The van der Waals surface area contributed by atoms with Crippen LogP contribution in [0.25, 0.3) is 0 Å². The van der Waals surface area contributed by atoms with Gasteiger partial charge in [0.25, 0.3) is 0 Å². The van der Waals surface area contributed by atoms with Crippen molar-refractivity contribution in [1.82, 2.24) is 0 Å². The largest absolute Gasteiger partial charge is 0.479 e. The lowest BCUT2D eigenvalue weighted by Gasteiger charge is -2.12. The minimum atomic E-state index is -1.18. The van der Waals surface area contributed by atoms with E-state index in [9.17, 15) is 9.59 Å². The highest BCUT2D eigenvalue weighted by molar-refractivity contribution is 5.79. The summed E-state index contributed by atoms with van der Waals surface area (Å²) in [5.74, 6) is -1.90. The molecule has 3 N–H and O–H groups in total. The summed E-state index contributed by atoms with van der Waals surface area (Å²) in [7, 11) is 0. The Morgan fingerprint density at radius 3 is 2.33 bits per heavy atom. The van der Waals surface area contributed by atoms with Crippen LogP contribution in [0.2, 0.25) is 0 Å². The van der Waals surface area contributed by atoms with Crippen LogP contribution in [0.5, 0.6) is 0 Å². The van der Waals surface area contributed by atoms with Crippen LogP contribution in [0.15, 0.2) is 0 Å². The first kappa shape index (κ1) is 10.9. The number of carbonyl (C=O) groups is 2. The van der Waals surface area contributed by atoms with Crippen molar-refractivity contribution < 1.29 is 19.4 Å². The molecule has 0 fully saturated rings. The summed E-state index contributed by atoms with van der Waals surface area (Å²) in [6.45, 7) is 2.89. The molecule has 0 amide bonds. The van der Waals surface area contributed by atoms with Gasteiger partial charge in [0.05, 0.1) is 0 Å². The van der Waals surface area contributed by atoms with Gasteiger partial charge in [-0.25, -0.2) is 4.79 Å². The first-order valence-electron chi connectivity index (χ1n) is 3.59. The number of esters is 1. The summed E-state index contributed by atoms with van der Waals surface area (Å²) in [6.07, 6.45) is 0. The zero-order valence-electron chi connectivity index (χ0n) is 7.11. The van der Waals surface area contributed by atoms with Crippen LogP contribution < -0.4 is 5.73 Å². The van der Waals surface area contributed by atoms with Gasteiger partial charge >= 0.3 is 11.9 Å². The average Bonchev–Trinajstić information content (AvgIpc) is 1.98. The van der Waals surface area contributed by atoms with E-state index in [-0.39, 0.29) is 5.92 Å². The summed E-state index contributed by atoms with van der Waals surface area (Å²) in [5, 5.41) is 8.16. The second kappa shape index (κ2) is 4.71. The molecule has 0 aliphatic rings. The third kappa shape index (κ3) is 3.92. The number of rotatable bonds is 4. The molecule has 0 radical (unpaired) electrons. The fraction of sp³-hybridized carbons (Fsp3) is 0.714. The predicted molar refractivity (Wildman–Crippen MR) is 41.4 cm³/mol. The molecule has 0 spiro atoms. The maximum absolute atomic E-state index is 10.9. The third-order valence-corrected chi connectivity index (χ3v) is 1.33. The van der Waals surface area contributed by atoms with Crippen molar-refractivity contribution in [3.8, 4) is 0 Å². The summed E-state index contributed by atoms with van der Waals surface area (Å²) in [5.41, 5.74) is 5.38. The molecule has 5 nitrogen and oxygen atoms in total. The first-order chi connectivity index (χ1) is 5.45. The van der Waals surface area contributed by atoms with Gasteiger partial charge in [0.2, 0.25) is 0 Å². The Kier molecular flexibility index (Phi) is 4.28. The van der Waals surface area contributed by atoms with Crippen LogP contribution >= 0.6 is 0 Å². The van der Waals surface area contributed by atoms with Crippen molar-refractivity contribution in [3.63, 3.8) is 0 Å². The summed E-state index contributed by atoms with van der Waals surface area (Å²) in [6, 6.07) is -0.746. The van der Waals surface area contributed by atoms with Crippen LogP contribution in [0.3, 0.4) is 0 Å². The molecule has 0 aromatic carbocycles. The minimum absolute atomic E-state index is 0.0497. The van der Waals surface area contributed by atoms with Crippen molar-refractivity contribution in [2.75, 3.05) is 6.61 Å². The summed E-state index contributed by atoms with van der Waals surface area (Å²) < 4.78 is 4.36. The second-order valence-electron chi connectivity index (χ2n) is 2.77. The van der Waals surface area contributed by atoms with Gasteiger partial charge in [-0.3, -0.25) is 4.79 Å². The Bertz CT molecular complexity index is 178. The standard InChI is InChI=1S/C7H13NO4/c1-4(2)6(8)7(11)12-3-5(9)10/h4,6H,3,8H2,1-2H3,(H,9,10)/t6-/m0/s1. The molecule has 5 heteroatoms. The van der Waals surface area contributed by atoms with Crippen molar-refractivity contribution in [2.45, 2.75) is 19.9 Å². The molecule has 12 heavy (non-hydrogen) atoms. The molecule has 0 aliphatic carbocycles. The number of carboxylic acids is 1. The summed E-state index contributed by atoms with van der Waals surface area (Å²) >= 11 is 0. The number of carboxylic acid groups (broad SMARTS) is 1. The molecule has 0 saturated heterocycles. The smallest absolute Gasteiger partial charge is 0.341 e. The second-order valence-corrected chi connectivity index (χ2v) is 2.77. The van der Waals surface area contributed by atoms with Crippen molar-refractivity contribution >= 4 is 11.9 Å². The highest BCUT2D eigenvalue weighted by Gasteiger charge is 2.19. The van der Waals surface area contributed by atoms with Gasteiger partial charge in [-0.1, -0.05) is 13.8 Å². The van der Waals surface area contributed by atoms with Crippen molar-refractivity contribution in [3.05, 3.63) is 0 Å². The van der Waals surface area contributed by atoms with Crippen LogP contribution in [-0.2, 0) is 14.3 Å². The van der Waals surface area contributed by atoms with Gasteiger partial charge in [-0.15, -0.1) is 0 Å². The number of nitrogens with two attached hydrogens (primary N) is 1. The number of ether oxygens (including phenoxy) is 1. The highest BCUT2D eigenvalue weighted by atomic mass is 16.6. The van der Waals surface area contributed by atoms with E-state index in [1.54, 1.807) is 13.8 Å². The molecule has 0 aliphatic heterocycles. The Morgan fingerprint density at radius 2 is 2.00 bits per heavy atom. The first-order valence-corrected chi connectivity index (χ1v) is 3.59. The lowest BCUT2D eigenvalue weighted by atomic mass is 10.1. The van der Waals surface area contributed by atoms with Crippen molar-refractivity contribution in [2.24, 2.45) is 11.7 Å². The van der Waals surface area contributed by atoms with Gasteiger partial charge in [0.1, 0.15) is 6.04 Å². The summed E-state index contributed by atoms with van der Waals surface area (Å²) in [4.78, 5) is 20.9. The monoisotopic (exact) mass is 175 g/mol. The molecule has 1 atom stereocenters. The van der Waals surface area contributed by atoms with E-state index in [4.69, 9.17) is 10.8 Å². The average molecular weight is 175 g/mol. The Hall–Kier alpha value is -1.10. The number of hydrogen-bond donors (Lipinski definition) is 2. The molecular formula is C7H13NO4.